The molecule has 3 nitrogen and oxygen atoms in total. The van der Waals surface area contributed by atoms with Crippen LogP contribution in [0.15, 0.2) is 0 Å². The Hall–Kier alpha value is -0.120. The molecule has 106 valence electrons. The molecule has 1 aliphatic carbocycles. The van der Waals surface area contributed by atoms with Crippen molar-refractivity contribution >= 4 is 0 Å². The summed E-state index contributed by atoms with van der Waals surface area (Å²) in [6, 6.07) is 0. The highest BCUT2D eigenvalue weighted by molar-refractivity contribution is 4.88. The molecule has 0 aromatic rings. The molecular weight excluding hydrogens is 228 g/mol. The molecule has 1 saturated carbocycles. The van der Waals surface area contributed by atoms with Gasteiger partial charge >= 0.3 is 0 Å². The van der Waals surface area contributed by atoms with Crippen molar-refractivity contribution < 1.29 is 14.9 Å². The Bertz CT molecular complexity index is 228. The SMILES string of the molecule is OC(CCCC1CCCO1)C1(O)CCCCCC1. The molecule has 2 N–H and O–H groups in total. The molecule has 2 atom stereocenters. The van der Waals surface area contributed by atoms with Crippen LogP contribution in [-0.2, 0) is 4.74 Å². The van der Waals surface area contributed by atoms with Crippen molar-refractivity contribution in [1.82, 2.24) is 0 Å². The van der Waals surface area contributed by atoms with E-state index in [1.807, 2.05) is 0 Å². The molecule has 2 rings (SSSR count). The van der Waals surface area contributed by atoms with Gasteiger partial charge in [-0.2, -0.15) is 0 Å². The third-order valence-electron chi connectivity index (χ3n) is 4.62. The Morgan fingerprint density at radius 3 is 2.44 bits per heavy atom. The van der Waals surface area contributed by atoms with Gasteiger partial charge in [0.2, 0.25) is 0 Å². The lowest BCUT2D eigenvalue weighted by molar-refractivity contribution is -0.0887. The molecule has 0 radical (unpaired) electrons. The van der Waals surface area contributed by atoms with E-state index in [2.05, 4.69) is 0 Å². The summed E-state index contributed by atoms with van der Waals surface area (Å²) in [5.74, 6) is 0. The Kier molecular flexibility index (Phi) is 5.46. The number of rotatable bonds is 5. The second-order valence-corrected chi connectivity index (χ2v) is 6.10. The molecule has 0 bridgehead atoms. The second kappa shape index (κ2) is 6.88. The lowest BCUT2D eigenvalue weighted by atomic mass is 9.85. The maximum atomic E-state index is 10.5. The van der Waals surface area contributed by atoms with Crippen LogP contribution < -0.4 is 0 Å². The van der Waals surface area contributed by atoms with Gasteiger partial charge in [-0.1, -0.05) is 25.7 Å². The van der Waals surface area contributed by atoms with Gasteiger partial charge in [0.15, 0.2) is 0 Å². The molecule has 1 heterocycles. The van der Waals surface area contributed by atoms with Gasteiger partial charge in [-0.3, -0.25) is 0 Å². The van der Waals surface area contributed by atoms with Crippen molar-refractivity contribution in [3.63, 3.8) is 0 Å². The van der Waals surface area contributed by atoms with E-state index in [1.165, 1.54) is 25.7 Å². The summed E-state index contributed by atoms with van der Waals surface area (Å²) in [6.45, 7) is 0.900. The Morgan fingerprint density at radius 2 is 1.83 bits per heavy atom. The molecule has 18 heavy (non-hydrogen) atoms. The summed E-state index contributed by atoms with van der Waals surface area (Å²) < 4.78 is 5.58. The van der Waals surface area contributed by atoms with E-state index in [4.69, 9.17) is 4.74 Å². The summed E-state index contributed by atoms with van der Waals surface area (Å²) in [5, 5.41) is 20.8. The van der Waals surface area contributed by atoms with Gasteiger partial charge < -0.3 is 14.9 Å². The molecule has 2 unspecified atom stereocenters. The maximum Gasteiger partial charge on any atom is 0.0905 e. The molecule has 2 fully saturated rings. The zero-order chi connectivity index (χ0) is 12.8. The zero-order valence-corrected chi connectivity index (χ0v) is 11.4. The first-order valence-corrected chi connectivity index (χ1v) is 7.73. The van der Waals surface area contributed by atoms with Gasteiger partial charge in [0, 0.05) is 6.61 Å². The first-order chi connectivity index (χ1) is 8.71. The van der Waals surface area contributed by atoms with Crippen molar-refractivity contribution in [2.24, 2.45) is 0 Å². The van der Waals surface area contributed by atoms with Gasteiger partial charge in [0.1, 0.15) is 0 Å². The first-order valence-electron chi connectivity index (χ1n) is 7.73. The lowest BCUT2D eigenvalue weighted by Gasteiger charge is -2.32. The van der Waals surface area contributed by atoms with Crippen molar-refractivity contribution in [2.75, 3.05) is 6.61 Å². The minimum atomic E-state index is -0.812. The molecule has 0 aromatic heterocycles. The second-order valence-electron chi connectivity index (χ2n) is 6.10. The molecular formula is C15H28O3. The summed E-state index contributed by atoms with van der Waals surface area (Å²) in [6.07, 6.45) is 11.0. The molecule has 0 spiro atoms. The molecule has 0 amide bonds. The van der Waals surface area contributed by atoms with E-state index in [9.17, 15) is 10.2 Å². The van der Waals surface area contributed by atoms with Crippen LogP contribution >= 0.6 is 0 Å². The topological polar surface area (TPSA) is 49.7 Å². The molecule has 3 heteroatoms. The highest BCUT2D eigenvalue weighted by atomic mass is 16.5. The molecule has 1 saturated heterocycles. The number of hydrogen-bond donors (Lipinski definition) is 2. The average Bonchev–Trinajstić information content (AvgIpc) is 2.77. The van der Waals surface area contributed by atoms with Crippen LogP contribution in [0.3, 0.4) is 0 Å². The fraction of sp³-hybridized carbons (Fsp3) is 1.00. The van der Waals surface area contributed by atoms with E-state index < -0.39 is 11.7 Å². The quantitative estimate of drug-likeness (QED) is 0.744. The summed E-state index contributed by atoms with van der Waals surface area (Å²) >= 11 is 0. The van der Waals surface area contributed by atoms with Gasteiger partial charge in [0.25, 0.3) is 0 Å². The summed E-state index contributed by atoms with van der Waals surface area (Å²) in [7, 11) is 0. The summed E-state index contributed by atoms with van der Waals surface area (Å²) in [4.78, 5) is 0. The Labute approximate surface area is 111 Å². The van der Waals surface area contributed by atoms with Gasteiger partial charge in [-0.25, -0.2) is 0 Å². The van der Waals surface area contributed by atoms with E-state index in [-0.39, 0.29) is 0 Å². The van der Waals surface area contributed by atoms with Crippen LogP contribution in [0.1, 0.15) is 70.6 Å². The van der Waals surface area contributed by atoms with Gasteiger partial charge in [-0.05, 0) is 44.9 Å². The monoisotopic (exact) mass is 256 g/mol. The predicted molar refractivity (Wildman–Crippen MR) is 71.5 cm³/mol. The number of ether oxygens (including phenoxy) is 1. The number of aliphatic hydroxyl groups excluding tert-OH is 1. The molecule has 2 aliphatic rings. The highest BCUT2D eigenvalue weighted by Crippen LogP contribution is 2.32. The average molecular weight is 256 g/mol. The smallest absolute Gasteiger partial charge is 0.0905 e. The lowest BCUT2D eigenvalue weighted by Crippen LogP contribution is -2.41. The normalized spacial score (nSPS) is 30.0. The van der Waals surface area contributed by atoms with E-state index in [0.29, 0.717) is 6.10 Å². The third kappa shape index (κ3) is 3.94. The van der Waals surface area contributed by atoms with Crippen molar-refractivity contribution in [1.29, 1.82) is 0 Å². The van der Waals surface area contributed by atoms with E-state index in [1.54, 1.807) is 0 Å². The first kappa shape index (κ1) is 14.3. The zero-order valence-electron chi connectivity index (χ0n) is 11.4. The predicted octanol–water partition coefficient (Wildman–Crippen LogP) is 2.78. The van der Waals surface area contributed by atoms with E-state index in [0.717, 1.165) is 51.6 Å². The van der Waals surface area contributed by atoms with Crippen LogP contribution in [-0.4, -0.2) is 34.6 Å². The molecule has 1 aliphatic heterocycles. The fourth-order valence-corrected chi connectivity index (χ4v) is 3.35. The highest BCUT2D eigenvalue weighted by Gasteiger charge is 2.35. The van der Waals surface area contributed by atoms with Crippen LogP contribution in [0.5, 0.6) is 0 Å². The maximum absolute atomic E-state index is 10.5. The van der Waals surface area contributed by atoms with Crippen molar-refractivity contribution in [2.45, 2.75) is 88.4 Å². The van der Waals surface area contributed by atoms with Crippen molar-refractivity contribution in [3.8, 4) is 0 Å². The number of aliphatic hydroxyl groups is 2. The fourth-order valence-electron chi connectivity index (χ4n) is 3.35. The standard InChI is InChI=1S/C15H28O3/c16-14(9-5-7-13-8-6-12-18-13)15(17)10-3-1-2-4-11-15/h13-14,16-17H,1-12H2. The molecule has 0 aromatic carbocycles. The van der Waals surface area contributed by atoms with Gasteiger partial charge in [-0.15, -0.1) is 0 Å². The van der Waals surface area contributed by atoms with E-state index >= 15 is 0 Å². The Balaban J connectivity index is 1.70. The third-order valence-corrected chi connectivity index (χ3v) is 4.62. The largest absolute Gasteiger partial charge is 0.390 e. The van der Waals surface area contributed by atoms with Crippen LogP contribution in [0.25, 0.3) is 0 Å². The van der Waals surface area contributed by atoms with Crippen LogP contribution in [0.2, 0.25) is 0 Å². The van der Waals surface area contributed by atoms with Crippen LogP contribution in [0.4, 0.5) is 0 Å². The summed E-state index contributed by atoms with van der Waals surface area (Å²) in [5.41, 5.74) is -0.812. The van der Waals surface area contributed by atoms with Crippen LogP contribution in [0, 0.1) is 0 Å². The Morgan fingerprint density at radius 1 is 1.11 bits per heavy atom. The minimum Gasteiger partial charge on any atom is -0.390 e. The minimum absolute atomic E-state index is 0.404. The number of hydrogen-bond acceptors (Lipinski definition) is 3. The van der Waals surface area contributed by atoms with Gasteiger partial charge in [0.05, 0.1) is 17.8 Å². The van der Waals surface area contributed by atoms with Crippen molar-refractivity contribution in [3.05, 3.63) is 0 Å².